The third-order valence-electron chi connectivity index (χ3n) is 6.23. The molecular formula is C32H34O7. The van der Waals surface area contributed by atoms with Crippen LogP contribution in [0.5, 0.6) is 0 Å². The van der Waals surface area contributed by atoms with Crippen LogP contribution in [-0.2, 0) is 53.0 Å². The Morgan fingerprint density at radius 3 is 1.64 bits per heavy atom. The molecule has 4 rings (SSSR count). The fraction of sp³-hybridized carbons (Fsp3) is 0.344. The normalized spacial score (nSPS) is 22.6. The van der Waals surface area contributed by atoms with Gasteiger partial charge < -0.3 is 28.4 Å². The van der Waals surface area contributed by atoms with Gasteiger partial charge in [-0.15, -0.1) is 6.42 Å². The molecule has 1 unspecified atom stereocenters. The fourth-order valence-corrected chi connectivity index (χ4v) is 4.34. The van der Waals surface area contributed by atoms with E-state index in [0.717, 1.165) is 16.7 Å². The maximum absolute atomic E-state index is 11.7. The van der Waals surface area contributed by atoms with Gasteiger partial charge in [-0.2, -0.15) is 0 Å². The number of hydrogen-bond acceptors (Lipinski definition) is 7. The van der Waals surface area contributed by atoms with E-state index in [2.05, 4.69) is 5.92 Å². The number of ether oxygens (including phenoxy) is 6. The van der Waals surface area contributed by atoms with Crippen LogP contribution in [0.2, 0.25) is 0 Å². The molecule has 0 aliphatic carbocycles. The summed E-state index contributed by atoms with van der Waals surface area (Å²) >= 11 is 0. The van der Waals surface area contributed by atoms with Crippen molar-refractivity contribution in [3.63, 3.8) is 0 Å². The number of carbonyl (C=O) groups is 1. The van der Waals surface area contributed by atoms with E-state index < -0.39 is 36.7 Å². The largest absolute Gasteiger partial charge is 0.463 e. The minimum absolute atomic E-state index is 0.0110. The second-order valence-corrected chi connectivity index (χ2v) is 9.14. The van der Waals surface area contributed by atoms with Crippen LogP contribution >= 0.6 is 0 Å². The lowest BCUT2D eigenvalue weighted by Crippen LogP contribution is -2.61. The Kier molecular flexibility index (Phi) is 11.1. The van der Waals surface area contributed by atoms with E-state index in [1.807, 2.05) is 91.0 Å². The Bertz CT molecular complexity index is 1160. The first-order valence-corrected chi connectivity index (χ1v) is 12.9. The summed E-state index contributed by atoms with van der Waals surface area (Å²) in [5.41, 5.74) is 2.96. The van der Waals surface area contributed by atoms with E-state index in [0.29, 0.717) is 19.8 Å². The lowest BCUT2D eigenvalue weighted by atomic mass is 9.97. The van der Waals surface area contributed by atoms with Crippen LogP contribution in [0.3, 0.4) is 0 Å². The highest BCUT2D eigenvalue weighted by molar-refractivity contribution is 5.65. The highest BCUT2D eigenvalue weighted by atomic mass is 16.7. The van der Waals surface area contributed by atoms with E-state index in [4.69, 9.17) is 34.8 Å². The number of benzene rings is 3. The molecule has 0 radical (unpaired) electrons. The van der Waals surface area contributed by atoms with Gasteiger partial charge in [-0.25, -0.2) is 0 Å². The van der Waals surface area contributed by atoms with Crippen molar-refractivity contribution in [3.8, 4) is 12.3 Å². The molecule has 3 aromatic rings. The van der Waals surface area contributed by atoms with Crippen LogP contribution in [0.4, 0.5) is 0 Å². The minimum Gasteiger partial charge on any atom is -0.463 e. The van der Waals surface area contributed by atoms with Gasteiger partial charge in [0.05, 0.1) is 19.8 Å². The van der Waals surface area contributed by atoms with Gasteiger partial charge in [0.1, 0.15) is 37.6 Å². The van der Waals surface area contributed by atoms with E-state index in [1.54, 1.807) is 0 Å². The number of carbonyl (C=O) groups excluding carboxylic acids is 1. The number of rotatable bonds is 13. The van der Waals surface area contributed by atoms with Gasteiger partial charge in [-0.05, 0) is 16.7 Å². The zero-order chi connectivity index (χ0) is 27.3. The smallest absolute Gasteiger partial charge is 0.302 e. The van der Waals surface area contributed by atoms with E-state index in [9.17, 15) is 4.79 Å². The molecule has 5 atom stereocenters. The molecule has 1 saturated heterocycles. The summed E-state index contributed by atoms with van der Waals surface area (Å²) in [5.74, 6) is 2.06. The van der Waals surface area contributed by atoms with Crippen molar-refractivity contribution in [1.82, 2.24) is 0 Å². The van der Waals surface area contributed by atoms with Gasteiger partial charge in [0, 0.05) is 6.92 Å². The SMILES string of the molecule is C#CCOC1O[C@H](COC(C)=O)[C@@H](OCc2ccccc2)[C@H](OCc2ccccc2)[C@H]1OCc1ccccc1. The van der Waals surface area contributed by atoms with Crippen molar-refractivity contribution in [2.24, 2.45) is 0 Å². The summed E-state index contributed by atoms with van der Waals surface area (Å²) in [7, 11) is 0. The van der Waals surface area contributed by atoms with Gasteiger partial charge in [0.15, 0.2) is 6.29 Å². The molecule has 0 amide bonds. The van der Waals surface area contributed by atoms with Crippen LogP contribution in [-0.4, -0.2) is 49.9 Å². The first kappa shape index (κ1) is 28.5. The van der Waals surface area contributed by atoms with E-state index >= 15 is 0 Å². The average Bonchev–Trinajstić information content (AvgIpc) is 2.97. The molecular weight excluding hydrogens is 496 g/mol. The van der Waals surface area contributed by atoms with E-state index in [1.165, 1.54) is 6.92 Å². The summed E-state index contributed by atoms with van der Waals surface area (Å²) in [5, 5.41) is 0. The molecule has 39 heavy (non-hydrogen) atoms. The fourth-order valence-electron chi connectivity index (χ4n) is 4.34. The second kappa shape index (κ2) is 15.2. The Balaban J connectivity index is 1.63. The van der Waals surface area contributed by atoms with Gasteiger partial charge >= 0.3 is 5.97 Å². The first-order valence-electron chi connectivity index (χ1n) is 12.9. The molecule has 1 fully saturated rings. The molecule has 0 bridgehead atoms. The van der Waals surface area contributed by atoms with Crippen molar-refractivity contribution in [1.29, 1.82) is 0 Å². The Labute approximate surface area is 229 Å². The maximum Gasteiger partial charge on any atom is 0.302 e. The standard InChI is InChI=1S/C32H34O7/c1-3-19-34-32-31(38-22-27-17-11-6-12-18-27)30(37-21-26-15-9-5-10-16-26)29(28(39-32)23-35-24(2)33)36-20-25-13-7-4-8-14-25/h1,4-18,28-32H,19-23H2,2H3/t28-,29-,30+,31-,32?/m1/s1. The molecule has 1 heterocycles. The zero-order valence-corrected chi connectivity index (χ0v) is 22.0. The first-order chi connectivity index (χ1) is 19.1. The van der Waals surface area contributed by atoms with Gasteiger partial charge in [-0.3, -0.25) is 4.79 Å². The number of esters is 1. The Morgan fingerprint density at radius 2 is 1.18 bits per heavy atom. The Hall–Kier alpha value is -3.51. The van der Waals surface area contributed by atoms with E-state index in [-0.39, 0.29) is 13.2 Å². The summed E-state index contributed by atoms with van der Waals surface area (Å²) in [6.07, 6.45) is 1.99. The summed E-state index contributed by atoms with van der Waals surface area (Å²) in [6.45, 7) is 2.24. The van der Waals surface area contributed by atoms with Crippen molar-refractivity contribution in [2.75, 3.05) is 13.2 Å². The molecule has 1 aliphatic rings. The molecule has 0 N–H and O–H groups in total. The summed E-state index contributed by atoms with van der Waals surface area (Å²) in [6, 6.07) is 29.5. The molecule has 7 nitrogen and oxygen atoms in total. The zero-order valence-electron chi connectivity index (χ0n) is 22.0. The number of terminal acetylenes is 1. The molecule has 0 saturated carbocycles. The van der Waals surface area contributed by atoms with Crippen molar-refractivity contribution in [2.45, 2.75) is 57.5 Å². The van der Waals surface area contributed by atoms with Crippen LogP contribution in [0.15, 0.2) is 91.0 Å². The van der Waals surface area contributed by atoms with Crippen LogP contribution < -0.4 is 0 Å². The summed E-state index contributed by atoms with van der Waals surface area (Å²) in [4.78, 5) is 11.7. The Morgan fingerprint density at radius 1 is 0.718 bits per heavy atom. The predicted octanol–water partition coefficient (Wildman–Crippen LogP) is 4.68. The maximum atomic E-state index is 11.7. The monoisotopic (exact) mass is 530 g/mol. The quantitative estimate of drug-likeness (QED) is 0.235. The van der Waals surface area contributed by atoms with Crippen LogP contribution in [0.1, 0.15) is 23.6 Å². The topological polar surface area (TPSA) is 72.5 Å². The molecule has 0 spiro atoms. The molecule has 3 aromatic carbocycles. The number of hydrogen-bond donors (Lipinski definition) is 0. The highest BCUT2D eigenvalue weighted by Crippen LogP contribution is 2.31. The average molecular weight is 531 g/mol. The molecule has 0 aromatic heterocycles. The van der Waals surface area contributed by atoms with Crippen molar-refractivity contribution in [3.05, 3.63) is 108 Å². The second-order valence-electron chi connectivity index (χ2n) is 9.14. The van der Waals surface area contributed by atoms with Crippen molar-refractivity contribution >= 4 is 5.97 Å². The van der Waals surface area contributed by atoms with Gasteiger partial charge in [0.2, 0.25) is 0 Å². The van der Waals surface area contributed by atoms with Crippen molar-refractivity contribution < 1.29 is 33.2 Å². The molecule has 7 heteroatoms. The minimum atomic E-state index is -0.873. The van der Waals surface area contributed by atoms with Gasteiger partial charge in [-0.1, -0.05) is 96.9 Å². The molecule has 1 aliphatic heterocycles. The van der Waals surface area contributed by atoms with Crippen LogP contribution in [0, 0.1) is 12.3 Å². The lowest BCUT2D eigenvalue weighted by molar-refractivity contribution is -0.324. The summed E-state index contributed by atoms with van der Waals surface area (Å²) < 4.78 is 36.9. The predicted molar refractivity (Wildman–Crippen MR) is 145 cm³/mol. The van der Waals surface area contributed by atoms with Gasteiger partial charge in [0.25, 0.3) is 0 Å². The van der Waals surface area contributed by atoms with Crippen LogP contribution in [0.25, 0.3) is 0 Å². The third kappa shape index (κ3) is 8.75. The highest BCUT2D eigenvalue weighted by Gasteiger charge is 2.49. The lowest BCUT2D eigenvalue weighted by Gasteiger charge is -2.45. The third-order valence-corrected chi connectivity index (χ3v) is 6.23. The molecule has 204 valence electrons.